The van der Waals surface area contributed by atoms with Crippen LogP contribution < -0.4 is 5.73 Å². The molecule has 2 atom stereocenters. The maximum Gasteiger partial charge on any atom is 0.0661 e. The molecule has 4 nitrogen and oxygen atoms in total. The summed E-state index contributed by atoms with van der Waals surface area (Å²) in [5.41, 5.74) is 6.98. The van der Waals surface area contributed by atoms with Gasteiger partial charge in [0.1, 0.15) is 0 Å². The first-order valence-electron chi connectivity index (χ1n) is 5.64. The topological polar surface area (TPSA) is 47.1 Å². The molecule has 1 aliphatic rings. The van der Waals surface area contributed by atoms with E-state index >= 15 is 0 Å². The van der Waals surface area contributed by atoms with Crippen LogP contribution in [-0.2, 0) is 0 Å². The lowest BCUT2D eigenvalue weighted by atomic mass is 10.1. The molecular weight excluding hydrogens is 188 g/mol. The van der Waals surface area contributed by atoms with Gasteiger partial charge >= 0.3 is 0 Å². The Labute approximate surface area is 91.1 Å². The minimum absolute atomic E-state index is 0.401. The SMILES string of the molecule is CC(CN)c1ccnn1C1CCN(C)C1. The molecule has 0 saturated carbocycles. The Morgan fingerprint density at radius 3 is 3.07 bits per heavy atom. The van der Waals surface area contributed by atoms with Gasteiger partial charge in [0.25, 0.3) is 0 Å². The van der Waals surface area contributed by atoms with Gasteiger partial charge in [0.2, 0.25) is 0 Å². The summed E-state index contributed by atoms with van der Waals surface area (Å²) < 4.78 is 2.17. The average Bonchev–Trinajstić information content (AvgIpc) is 2.84. The predicted molar refractivity (Wildman–Crippen MR) is 60.8 cm³/mol. The lowest BCUT2D eigenvalue weighted by Crippen LogP contribution is -2.21. The van der Waals surface area contributed by atoms with Crippen molar-refractivity contribution in [3.05, 3.63) is 18.0 Å². The highest BCUT2D eigenvalue weighted by atomic mass is 15.3. The van der Waals surface area contributed by atoms with Gasteiger partial charge in [0.15, 0.2) is 0 Å². The Bertz CT molecular complexity index is 320. The van der Waals surface area contributed by atoms with Gasteiger partial charge in [-0.05, 0) is 26.1 Å². The van der Waals surface area contributed by atoms with E-state index in [0.29, 0.717) is 18.5 Å². The maximum absolute atomic E-state index is 5.71. The molecule has 1 aliphatic heterocycles. The first kappa shape index (κ1) is 10.6. The molecule has 0 spiro atoms. The van der Waals surface area contributed by atoms with Crippen LogP contribution >= 0.6 is 0 Å². The van der Waals surface area contributed by atoms with Gasteiger partial charge in [0, 0.05) is 30.9 Å². The summed E-state index contributed by atoms with van der Waals surface area (Å²) in [4.78, 5) is 2.35. The van der Waals surface area contributed by atoms with Crippen molar-refractivity contribution in [2.45, 2.75) is 25.3 Å². The molecule has 15 heavy (non-hydrogen) atoms. The van der Waals surface area contributed by atoms with Gasteiger partial charge in [-0.15, -0.1) is 0 Å². The predicted octanol–water partition coefficient (Wildman–Crippen LogP) is 0.822. The largest absolute Gasteiger partial charge is 0.330 e. The number of nitrogens with zero attached hydrogens (tertiary/aromatic N) is 3. The molecular formula is C11H20N4. The molecule has 4 heteroatoms. The summed E-state index contributed by atoms with van der Waals surface area (Å²) in [6.07, 6.45) is 3.09. The van der Waals surface area contributed by atoms with Crippen LogP contribution in [0.1, 0.15) is 31.0 Å². The molecule has 0 radical (unpaired) electrons. The molecule has 1 saturated heterocycles. The standard InChI is InChI=1S/C11H20N4/c1-9(7-12)11-3-5-13-15(11)10-4-6-14(2)8-10/h3,5,9-10H,4,6-8,12H2,1-2H3. The van der Waals surface area contributed by atoms with Crippen molar-refractivity contribution < 1.29 is 0 Å². The molecule has 0 aliphatic carbocycles. The highest BCUT2D eigenvalue weighted by Gasteiger charge is 2.24. The second-order valence-corrected chi connectivity index (χ2v) is 4.54. The Hall–Kier alpha value is -0.870. The molecule has 1 aromatic rings. The van der Waals surface area contributed by atoms with Crippen molar-refractivity contribution in [2.24, 2.45) is 5.73 Å². The third-order valence-electron chi connectivity index (χ3n) is 3.27. The Morgan fingerprint density at radius 1 is 1.67 bits per heavy atom. The van der Waals surface area contributed by atoms with Crippen LogP contribution in [0.4, 0.5) is 0 Å². The number of hydrogen-bond donors (Lipinski definition) is 1. The van der Waals surface area contributed by atoms with Gasteiger partial charge in [-0.1, -0.05) is 6.92 Å². The Kier molecular flexibility index (Phi) is 3.07. The van der Waals surface area contributed by atoms with Crippen LogP contribution in [0.3, 0.4) is 0 Å². The quantitative estimate of drug-likeness (QED) is 0.800. The minimum Gasteiger partial charge on any atom is -0.330 e. The van der Waals surface area contributed by atoms with Gasteiger partial charge in [0.05, 0.1) is 6.04 Å². The molecule has 2 unspecified atom stereocenters. The second-order valence-electron chi connectivity index (χ2n) is 4.54. The van der Waals surface area contributed by atoms with E-state index in [1.807, 2.05) is 6.20 Å². The van der Waals surface area contributed by atoms with E-state index in [1.54, 1.807) is 0 Å². The number of hydrogen-bond acceptors (Lipinski definition) is 3. The van der Waals surface area contributed by atoms with Crippen molar-refractivity contribution in [1.82, 2.24) is 14.7 Å². The molecule has 0 aromatic carbocycles. The van der Waals surface area contributed by atoms with Crippen LogP contribution in [0.5, 0.6) is 0 Å². The smallest absolute Gasteiger partial charge is 0.0661 e. The molecule has 84 valence electrons. The molecule has 2 rings (SSSR count). The summed E-state index contributed by atoms with van der Waals surface area (Å²) in [6, 6.07) is 2.63. The number of rotatable bonds is 3. The van der Waals surface area contributed by atoms with Gasteiger partial charge in [-0.3, -0.25) is 4.68 Å². The van der Waals surface area contributed by atoms with E-state index in [1.165, 1.54) is 18.7 Å². The summed E-state index contributed by atoms with van der Waals surface area (Å²) in [6.45, 7) is 5.12. The lowest BCUT2D eigenvalue weighted by Gasteiger charge is -2.17. The molecule has 1 fully saturated rings. The van der Waals surface area contributed by atoms with E-state index < -0.39 is 0 Å². The van der Waals surface area contributed by atoms with Crippen LogP contribution in [0.15, 0.2) is 12.3 Å². The van der Waals surface area contributed by atoms with E-state index in [2.05, 4.69) is 34.7 Å². The Balaban J connectivity index is 2.17. The zero-order valence-corrected chi connectivity index (χ0v) is 9.56. The second kappa shape index (κ2) is 4.33. The van der Waals surface area contributed by atoms with Crippen molar-refractivity contribution in [1.29, 1.82) is 0 Å². The third kappa shape index (κ3) is 2.06. The van der Waals surface area contributed by atoms with Crippen molar-refractivity contribution in [2.75, 3.05) is 26.7 Å². The normalized spacial score (nSPS) is 24.6. The molecule has 2 heterocycles. The van der Waals surface area contributed by atoms with Crippen LogP contribution in [0.2, 0.25) is 0 Å². The molecule has 1 aromatic heterocycles. The van der Waals surface area contributed by atoms with Crippen LogP contribution in [0.25, 0.3) is 0 Å². The van der Waals surface area contributed by atoms with E-state index in [4.69, 9.17) is 5.73 Å². The van der Waals surface area contributed by atoms with Gasteiger partial charge < -0.3 is 10.6 Å². The van der Waals surface area contributed by atoms with Crippen molar-refractivity contribution in [3.63, 3.8) is 0 Å². The third-order valence-corrected chi connectivity index (χ3v) is 3.27. The highest BCUT2D eigenvalue weighted by molar-refractivity contribution is 5.09. The van der Waals surface area contributed by atoms with Crippen LogP contribution in [0, 0.1) is 0 Å². The fourth-order valence-corrected chi connectivity index (χ4v) is 2.25. The van der Waals surface area contributed by atoms with Crippen molar-refractivity contribution >= 4 is 0 Å². The maximum atomic E-state index is 5.71. The number of likely N-dealkylation sites (tertiary alicyclic amines) is 1. The fraction of sp³-hybridized carbons (Fsp3) is 0.727. The lowest BCUT2D eigenvalue weighted by molar-refractivity contribution is 0.375. The summed E-state index contributed by atoms with van der Waals surface area (Å²) >= 11 is 0. The number of nitrogens with two attached hydrogens (primary N) is 1. The number of likely N-dealkylation sites (N-methyl/N-ethyl adjacent to an activating group) is 1. The molecule has 0 amide bonds. The first-order valence-corrected chi connectivity index (χ1v) is 5.64. The highest BCUT2D eigenvalue weighted by Crippen LogP contribution is 2.24. The fourth-order valence-electron chi connectivity index (χ4n) is 2.25. The summed E-state index contributed by atoms with van der Waals surface area (Å²) in [5.74, 6) is 0.401. The zero-order chi connectivity index (χ0) is 10.8. The minimum atomic E-state index is 0.401. The molecule has 0 bridgehead atoms. The number of aromatic nitrogens is 2. The zero-order valence-electron chi connectivity index (χ0n) is 9.56. The Morgan fingerprint density at radius 2 is 2.47 bits per heavy atom. The summed E-state index contributed by atoms with van der Waals surface area (Å²) in [7, 11) is 2.16. The monoisotopic (exact) mass is 208 g/mol. The van der Waals surface area contributed by atoms with Crippen molar-refractivity contribution in [3.8, 4) is 0 Å². The first-order chi connectivity index (χ1) is 7.22. The van der Waals surface area contributed by atoms with Gasteiger partial charge in [-0.2, -0.15) is 5.10 Å². The summed E-state index contributed by atoms with van der Waals surface area (Å²) in [5, 5.41) is 4.44. The van der Waals surface area contributed by atoms with E-state index in [9.17, 15) is 0 Å². The van der Waals surface area contributed by atoms with E-state index in [-0.39, 0.29) is 0 Å². The average molecular weight is 208 g/mol. The van der Waals surface area contributed by atoms with Gasteiger partial charge in [-0.25, -0.2) is 0 Å². The van der Waals surface area contributed by atoms with E-state index in [0.717, 1.165) is 6.54 Å². The van der Waals surface area contributed by atoms with Crippen LogP contribution in [-0.4, -0.2) is 41.4 Å². The molecule has 2 N–H and O–H groups in total.